The number of amides is 4. The van der Waals surface area contributed by atoms with E-state index in [1.165, 1.54) is 24.3 Å². The Kier molecular flexibility index (Phi) is 9.12. The van der Waals surface area contributed by atoms with Crippen LogP contribution < -0.4 is 10.6 Å². The fourth-order valence-electron chi connectivity index (χ4n) is 5.23. The minimum Gasteiger partial charge on any atom is -0.342 e. The van der Waals surface area contributed by atoms with Gasteiger partial charge in [-0.15, -0.1) is 13.2 Å². The number of urea groups is 1. The van der Waals surface area contributed by atoms with Gasteiger partial charge in [0.1, 0.15) is 12.2 Å². The summed E-state index contributed by atoms with van der Waals surface area (Å²) in [6.45, 7) is -2.17. The number of benzene rings is 2. The zero-order valence-electron chi connectivity index (χ0n) is 23.4. The number of nitrogens with zero attached hydrogens (tertiary/aromatic N) is 3. The van der Waals surface area contributed by atoms with Crippen LogP contribution in [-0.2, 0) is 16.1 Å². The molecule has 0 spiro atoms. The summed E-state index contributed by atoms with van der Waals surface area (Å²) in [7, 11) is 0. The van der Waals surface area contributed by atoms with Crippen LogP contribution in [-0.4, -0.2) is 64.2 Å². The lowest BCUT2D eigenvalue weighted by molar-refractivity contribution is -0.227. The number of halogens is 5. The number of hydrogen-bond acceptors (Lipinski definition) is 4. The predicted molar refractivity (Wildman–Crippen MR) is 149 cm³/mol. The number of alkyl halides is 4. The van der Waals surface area contributed by atoms with E-state index in [0.29, 0.717) is 11.1 Å². The first-order valence-electron chi connectivity index (χ1n) is 14.1. The van der Waals surface area contributed by atoms with Gasteiger partial charge in [0.2, 0.25) is 17.8 Å². The topological polar surface area (TPSA) is 94.6 Å². The van der Waals surface area contributed by atoms with Crippen LogP contribution in [0.2, 0.25) is 0 Å². The summed E-state index contributed by atoms with van der Waals surface area (Å²) < 4.78 is 70.3. The van der Waals surface area contributed by atoms with Gasteiger partial charge in [-0.3, -0.25) is 9.59 Å². The maximum absolute atomic E-state index is 14.8. The van der Waals surface area contributed by atoms with Crippen LogP contribution in [0.5, 0.6) is 0 Å². The summed E-state index contributed by atoms with van der Waals surface area (Å²) in [5.74, 6) is -2.22. The molecule has 8 nitrogen and oxygen atoms in total. The maximum Gasteiger partial charge on any atom is 0.488 e. The first-order chi connectivity index (χ1) is 21.0. The first-order valence-corrected chi connectivity index (χ1v) is 14.1. The van der Waals surface area contributed by atoms with Crippen molar-refractivity contribution in [2.45, 2.75) is 56.3 Å². The Morgan fingerprint density at radius 3 is 2.25 bits per heavy atom. The van der Waals surface area contributed by atoms with Crippen molar-refractivity contribution in [1.82, 2.24) is 25.4 Å². The second-order valence-electron chi connectivity index (χ2n) is 10.8. The molecule has 0 radical (unpaired) electrons. The molecular weight excluding hydrogens is 585 g/mol. The highest BCUT2D eigenvalue weighted by atomic mass is 19.4. The van der Waals surface area contributed by atoms with Crippen LogP contribution in [0.15, 0.2) is 72.8 Å². The molecule has 2 aliphatic rings. The molecule has 2 N–H and O–H groups in total. The van der Waals surface area contributed by atoms with Gasteiger partial charge in [-0.1, -0.05) is 66.7 Å². The molecule has 0 bridgehead atoms. The van der Waals surface area contributed by atoms with Crippen LogP contribution in [0.4, 0.5) is 26.7 Å². The zero-order chi connectivity index (χ0) is 31.4. The van der Waals surface area contributed by atoms with Crippen molar-refractivity contribution in [2.24, 2.45) is 0 Å². The molecule has 1 saturated carbocycles. The molecular formula is C31H30F5N5O3. The van der Waals surface area contributed by atoms with Crippen molar-refractivity contribution in [3.63, 3.8) is 0 Å². The molecule has 1 aliphatic heterocycles. The van der Waals surface area contributed by atoms with Crippen molar-refractivity contribution >= 4 is 17.8 Å². The standard InChI is InChI=1S/C31H30F5N5O3/c32-22-15-25(40(18-22)26(42)16-37-30(44)41(31(34,35)36)17-19-7-3-1-4-8-19)29(43)39-27(21-9-5-2-6-10-21)24-14-13-23(20-11-12-20)28(33)38-24/h1-10,13-14,20,22,25,27H,11-12,15-18H2,(H,37,44)(H,39,43). The number of nitrogens with one attached hydrogen (secondary N) is 2. The second-order valence-corrected chi connectivity index (χ2v) is 10.8. The van der Waals surface area contributed by atoms with E-state index in [4.69, 9.17) is 0 Å². The van der Waals surface area contributed by atoms with Crippen LogP contribution in [0.1, 0.15) is 53.6 Å². The van der Waals surface area contributed by atoms with E-state index in [9.17, 15) is 36.3 Å². The van der Waals surface area contributed by atoms with Gasteiger partial charge >= 0.3 is 12.3 Å². The molecule has 3 aromatic rings. The largest absolute Gasteiger partial charge is 0.488 e. The molecule has 13 heteroatoms. The average molecular weight is 616 g/mol. The Balaban J connectivity index is 1.28. The molecule has 44 heavy (non-hydrogen) atoms. The molecule has 1 saturated heterocycles. The maximum atomic E-state index is 14.8. The molecule has 3 unspecified atom stereocenters. The zero-order valence-corrected chi connectivity index (χ0v) is 23.4. The van der Waals surface area contributed by atoms with E-state index in [-0.39, 0.29) is 28.5 Å². The summed E-state index contributed by atoms with van der Waals surface area (Å²) in [5, 5.41) is 4.69. The van der Waals surface area contributed by atoms with Gasteiger partial charge in [0.15, 0.2) is 0 Å². The van der Waals surface area contributed by atoms with Gasteiger partial charge < -0.3 is 15.5 Å². The summed E-state index contributed by atoms with van der Waals surface area (Å²) in [6.07, 6.45) is -5.25. The van der Waals surface area contributed by atoms with Crippen LogP contribution in [0.3, 0.4) is 0 Å². The van der Waals surface area contributed by atoms with Crippen molar-refractivity contribution in [3.8, 4) is 0 Å². The molecule has 2 fully saturated rings. The quantitative estimate of drug-likeness (QED) is 0.202. The van der Waals surface area contributed by atoms with Crippen LogP contribution in [0.25, 0.3) is 0 Å². The molecule has 3 atom stereocenters. The van der Waals surface area contributed by atoms with E-state index in [2.05, 4.69) is 10.3 Å². The van der Waals surface area contributed by atoms with Gasteiger partial charge in [-0.05, 0) is 36.0 Å². The Bertz CT molecular complexity index is 1490. The Morgan fingerprint density at radius 2 is 1.64 bits per heavy atom. The van der Waals surface area contributed by atoms with E-state index in [0.717, 1.165) is 17.7 Å². The van der Waals surface area contributed by atoms with Gasteiger partial charge in [0.05, 0.1) is 31.4 Å². The molecule has 2 aromatic carbocycles. The van der Waals surface area contributed by atoms with E-state index >= 15 is 0 Å². The highest BCUT2D eigenvalue weighted by Crippen LogP contribution is 2.41. The van der Waals surface area contributed by atoms with Gasteiger partial charge in [0, 0.05) is 12.0 Å². The minimum atomic E-state index is -5.04. The highest BCUT2D eigenvalue weighted by Gasteiger charge is 2.43. The van der Waals surface area contributed by atoms with Crippen LogP contribution >= 0.6 is 0 Å². The van der Waals surface area contributed by atoms with E-state index in [1.807, 2.05) is 5.32 Å². The molecule has 5 rings (SSSR count). The van der Waals surface area contributed by atoms with E-state index in [1.54, 1.807) is 48.5 Å². The number of likely N-dealkylation sites (tertiary alicyclic amines) is 1. The molecule has 4 amide bonds. The van der Waals surface area contributed by atoms with Crippen molar-refractivity contribution in [3.05, 3.63) is 101 Å². The van der Waals surface area contributed by atoms with Gasteiger partial charge in [-0.25, -0.2) is 19.1 Å². The average Bonchev–Trinajstić information content (AvgIpc) is 3.77. The molecule has 232 valence electrons. The van der Waals surface area contributed by atoms with E-state index < -0.39 is 68.0 Å². The Labute approximate surface area is 250 Å². The lowest BCUT2D eigenvalue weighted by atomic mass is 10.0. The van der Waals surface area contributed by atoms with Crippen molar-refractivity contribution in [1.29, 1.82) is 0 Å². The predicted octanol–water partition coefficient (Wildman–Crippen LogP) is 4.97. The summed E-state index contributed by atoms with van der Waals surface area (Å²) >= 11 is 0. The second kappa shape index (κ2) is 13.0. The summed E-state index contributed by atoms with van der Waals surface area (Å²) in [4.78, 5) is 43.6. The highest BCUT2D eigenvalue weighted by molar-refractivity contribution is 5.91. The number of aromatic nitrogens is 1. The number of rotatable bonds is 9. The lowest BCUT2D eigenvalue weighted by Crippen LogP contribution is -2.52. The number of pyridine rings is 1. The Hall–Kier alpha value is -4.55. The molecule has 2 heterocycles. The number of carbonyl (C=O) groups is 3. The first kappa shape index (κ1) is 30.9. The minimum absolute atomic E-state index is 0.114. The molecule has 1 aromatic heterocycles. The Morgan fingerprint density at radius 1 is 0.977 bits per heavy atom. The van der Waals surface area contributed by atoms with Crippen LogP contribution in [0, 0.1) is 5.95 Å². The third kappa shape index (κ3) is 7.32. The lowest BCUT2D eigenvalue weighted by Gasteiger charge is -2.28. The smallest absolute Gasteiger partial charge is 0.342 e. The monoisotopic (exact) mass is 615 g/mol. The molecule has 1 aliphatic carbocycles. The summed E-state index contributed by atoms with van der Waals surface area (Å²) in [6, 6.07) is 15.5. The number of hydrogen-bond donors (Lipinski definition) is 2. The van der Waals surface area contributed by atoms with Crippen molar-refractivity contribution < 1.29 is 36.3 Å². The third-order valence-electron chi connectivity index (χ3n) is 7.63. The summed E-state index contributed by atoms with van der Waals surface area (Å²) in [5.41, 5.74) is 1.48. The fourth-order valence-corrected chi connectivity index (χ4v) is 5.23. The third-order valence-corrected chi connectivity index (χ3v) is 7.63. The number of carbonyl (C=O) groups excluding carboxylic acids is 3. The van der Waals surface area contributed by atoms with Crippen molar-refractivity contribution in [2.75, 3.05) is 13.1 Å². The normalized spacial score (nSPS) is 18.9. The van der Waals surface area contributed by atoms with Gasteiger partial charge in [-0.2, -0.15) is 4.39 Å². The fraction of sp³-hybridized carbons (Fsp3) is 0.355. The van der Waals surface area contributed by atoms with Gasteiger partial charge in [0.25, 0.3) is 0 Å². The SMILES string of the molecule is O=C(NC(c1ccccc1)c1ccc(C2CC2)c(F)n1)C1CC(F)CN1C(=O)CNC(=O)N(Cc1ccccc1)C(F)(F)F.